The molecule has 2 aromatic heterocycles. The van der Waals surface area contributed by atoms with Gasteiger partial charge in [0.15, 0.2) is 0 Å². The van der Waals surface area contributed by atoms with Crippen LogP contribution in [-0.2, 0) is 21.3 Å². The highest BCUT2D eigenvalue weighted by Crippen LogP contribution is 2.18. The number of sulfonamides is 1. The number of rotatable bonds is 8. The molecule has 0 radical (unpaired) electrons. The van der Waals surface area contributed by atoms with Crippen molar-refractivity contribution in [2.75, 3.05) is 26.1 Å². The van der Waals surface area contributed by atoms with E-state index in [-0.39, 0.29) is 36.4 Å². The van der Waals surface area contributed by atoms with Crippen molar-refractivity contribution in [3.8, 4) is 24.1 Å². The van der Waals surface area contributed by atoms with Gasteiger partial charge < -0.3 is 14.2 Å². The van der Waals surface area contributed by atoms with Crippen LogP contribution >= 0.6 is 0 Å². The summed E-state index contributed by atoms with van der Waals surface area (Å²) >= 11 is 0. The van der Waals surface area contributed by atoms with Crippen LogP contribution in [-0.4, -0.2) is 61.0 Å². The fraction of sp³-hybridized carbons (Fsp3) is 0.312. The number of carbonyl (C=O) groups excluding carboxylic acids is 2. The molecule has 0 aliphatic carbocycles. The van der Waals surface area contributed by atoms with Crippen molar-refractivity contribution in [3.05, 3.63) is 17.8 Å². The van der Waals surface area contributed by atoms with Crippen LogP contribution in [0, 0.1) is 12.3 Å². The lowest BCUT2D eigenvalue weighted by Gasteiger charge is -2.09. The molecular weight excluding hydrogens is 420 g/mol. The maximum atomic E-state index is 12.6. The molecule has 2 N–H and O–H groups in total. The van der Waals surface area contributed by atoms with Crippen molar-refractivity contribution >= 4 is 28.0 Å². The molecule has 0 spiro atoms. The topological polar surface area (TPSA) is 164 Å². The second kappa shape index (κ2) is 9.56. The summed E-state index contributed by atoms with van der Waals surface area (Å²) in [7, 11) is -1.92. The van der Waals surface area contributed by atoms with Gasteiger partial charge in [-0.25, -0.2) is 14.3 Å². The number of urea groups is 1. The summed E-state index contributed by atoms with van der Waals surface area (Å²) in [6, 6.07) is 0.135. The number of terminal acetylenes is 1. The molecule has 0 saturated heterocycles. The Hall–Kier alpha value is -3.86. The van der Waals surface area contributed by atoms with Gasteiger partial charge in [0, 0.05) is 6.20 Å². The summed E-state index contributed by atoms with van der Waals surface area (Å²) < 4.78 is 42.7. The van der Waals surface area contributed by atoms with E-state index in [1.807, 2.05) is 0 Å². The number of carbonyl (C=O) groups is 2. The van der Waals surface area contributed by atoms with E-state index in [2.05, 4.69) is 26.3 Å². The number of esters is 1. The molecule has 0 bridgehead atoms. The Labute approximate surface area is 171 Å². The Kier molecular flexibility index (Phi) is 7.15. The number of anilines is 1. The zero-order valence-electron chi connectivity index (χ0n) is 16.2. The monoisotopic (exact) mass is 438 g/mol. The molecule has 13 nitrogen and oxygen atoms in total. The van der Waals surface area contributed by atoms with Crippen LogP contribution in [0.3, 0.4) is 0 Å². The van der Waals surface area contributed by atoms with Crippen LogP contribution in [0.25, 0.3) is 0 Å². The lowest BCUT2D eigenvalue weighted by Crippen LogP contribution is -2.36. The number of nitrogens with one attached hydrogen (secondary N) is 2. The predicted octanol–water partition coefficient (Wildman–Crippen LogP) is 0.0106. The number of amides is 2. The van der Waals surface area contributed by atoms with E-state index in [1.54, 1.807) is 11.6 Å². The third-order valence-corrected chi connectivity index (χ3v) is 4.55. The first-order valence-corrected chi connectivity index (χ1v) is 9.71. The van der Waals surface area contributed by atoms with Crippen LogP contribution in [0.2, 0.25) is 0 Å². The molecule has 0 aromatic carbocycles. The summed E-state index contributed by atoms with van der Waals surface area (Å²) in [4.78, 5) is 32.0. The van der Waals surface area contributed by atoms with Gasteiger partial charge in [0.25, 0.3) is 10.0 Å². The van der Waals surface area contributed by atoms with Crippen molar-refractivity contribution in [3.63, 3.8) is 0 Å². The van der Waals surface area contributed by atoms with Crippen molar-refractivity contribution in [1.82, 2.24) is 24.5 Å². The quantitative estimate of drug-likeness (QED) is 0.424. The number of ether oxygens (including phenoxy) is 3. The molecule has 2 aromatic rings. The van der Waals surface area contributed by atoms with Gasteiger partial charge in [-0.2, -0.15) is 23.5 Å². The summed E-state index contributed by atoms with van der Waals surface area (Å²) in [6.45, 7) is 1.44. The van der Waals surface area contributed by atoms with Gasteiger partial charge in [-0.15, -0.1) is 6.42 Å². The van der Waals surface area contributed by atoms with Crippen molar-refractivity contribution in [2.45, 2.75) is 18.5 Å². The molecule has 160 valence electrons. The van der Waals surface area contributed by atoms with E-state index in [4.69, 9.17) is 20.6 Å². The minimum absolute atomic E-state index is 0.00155. The van der Waals surface area contributed by atoms with Gasteiger partial charge in [0.05, 0.1) is 26.9 Å². The third-order valence-electron chi connectivity index (χ3n) is 3.28. The van der Waals surface area contributed by atoms with E-state index in [0.717, 1.165) is 10.9 Å². The molecule has 2 heterocycles. The Morgan fingerprint density at radius 1 is 1.23 bits per heavy atom. The second-order valence-corrected chi connectivity index (χ2v) is 6.90. The zero-order valence-corrected chi connectivity index (χ0v) is 17.0. The van der Waals surface area contributed by atoms with Crippen molar-refractivity contribution < 1.29 is 32.2 Å². The van der Waals surface area contributed by atoms with Gasteiger partial charge in [-0.1, -0.05) is 5.92 Å². The Morgan fingerprint density at radius 2 is 1.87 bits per heavy atom. The average molecular weight is 438 g/mol. The highest BCUT2D eigenvalue weighted by molar-refractivity contribution is 7.90. The SMILES string of the molecule is C#CCn1cc(C(=O)OCC)c(S(=O)(=O)NC(=O)Nc2nc(OC)cc(OC)n2)n1. The fourth-order valence-electron chi connectivity index (χ4n) is 2.09. The van der Waals surface area contributed by atoms with Gasteiger partial charge in [0.1, 0.15) is 12.1 Å². The second-order valence-electron chi connectivity index (χ2n) is 5.31. The van der Waals surface area contributed by atoms with Gasteiger partial charge in [0.2, 0.25) is 22.7 Å². The highest BCUT2D eigenvalue weighted by Gasteiger charge is 2.30. The molecule has 0 unspecified atom stereocenters. The van der Waals surface area contributed by atoms with Gasteiger partial charge in [-0.3, -0.25) is 10.00 Å². The van der Waals surface area contributed by atoms with E-state index < -0.39 is 27.0 Å². The first-order chi connectivity index (χ1) is 14.2. The summed E-state index contributed by atoms with van der Waals surface area (Å²) in [6.07, 6.45) is 6.30. The third kappa shape index (κ3) is 5.35. The Balaban J connectivity index is 2.29. The summed E-state index contributed by atoms with van der Waals surface area (Å²) in [5.41, 5.74) is -0.383. The molecule has 30 heavy (non-hydrogen) atoms. The minimum Gasteiger partial charge on any atom is -0.481 e. The first kappa shape index (κ1) is 22.4. The standard InChI is InChI=1S/C16H18N6O7S/c1-5-7-22-9-10(14(23)29-6-2)13(20-22)30(25,26)21-16(24)19-15-17-11(27-3)8-12(18-15)28-4/h1,8-9H,6-7H2,2-4H3,(H2,17,18,19,21,24). The summed E-state index contributed by atoms with van der Waals surface area (Å²) in [5.74, 6) is 1.16. The highest BCUT2D eigenvalue weighted by atomic mass is 32.2. The van der Waals surface area contributed by atoms with Crippen LogP contribution in [0.1, 0.15) is 17.3 Å². The maximum absolute atomic E-state index is 12.6. The fourth-order valence-corrected chi connectivity index (χ4v) is 3.12. The Morgan fingerprint density at radius 3 is 2.40 bits per heavy atom. The van der Waals surface area contributed by atoms with E-state index in [9.17, 15) is 18.0 Å². The molecule has 0 aliphatic rings. The number of hydrogen-bond donors (Lipinski definition) is 2. The normalized spacial score (nSPS) is 10.6. The van der Waals surface area contributed by atoms with Crippen LogP contribution < -0.4 is 19.5 Å². The predicted molar refractivity (Wildman–Crippen MR) is 101 cm³/mol. The van der Waals surface area contributed by atoms with Crippen molar-refractivity contribution in [1.29, 1.82) is 0 Å². The lowest BCUT2D eigenvalue weighted by atomic mass is 10.4. The van der Waals surface area contributed by atoms with E-state index in [1.165, 1.54) is 20.3 Å². The zero-order chi connectivity index (χ0) is 22.3. The van der Waals surface area contributed by atoms with Crippen molar-refractivity contribution in [2.24, 2.45) is 0 Å². The lowest BCUT2D eigenvalue weighted by molar-refractivity contribution is 0.0521. The van der Waals surface area contributed by atoms with Crippen LogP contribution in [0.4, 0.5) is 10.7 Å². The van der Waals surface area contributed by atoms with E-state index >= 15 is 0 Å². The number of methoxy groups -OCH3 is 2. The average Bonchev–Trinajstić information content (AvgIpc) is 3.12. The van der Waals surface area contributed by atoms with Crippen LogP contribution in [0.15, 0.2) is 17.3 Å². The maximum Gasteiger partial charge on any atom is 0.342 e. The molecule has 0 atom stereocenters. The molecular formula is C16H18N6O7S. The molecule has 2 amide bonds. The first-order valence-electron chi connectivity index (χ1n) is 8.23. The largest absolute Gasteiger partial charge is 0.481 e. The number of aromatic nitrogens is 4. The van der Waals surface area contributed by atoms with Crippen LogP contribution in [0.5, 0.6) is 11.8 Å². The summed E-state index contributed by atoms with van der Waals surface area (Å²) in [5, 5.41) is 5.16. The number of nitrogens with zero attached hydrogens (tertiary/aromatic N) is 4. The minimum atomic E-state index is -4.58. The molecule has 14 heteroatoms. The van der Waals surface area contributed by atoms with Gasteiger partial charge in [-0.05, 0) is 6.92 Å². The molecule has 0 aliphatic heterocycles. The Bertz CT molecular complexity index is 1070. The number of hydrogen-bond acceptors (Lipinski definition) is 10. The molecule has 2 rings (SSSR count). The molecule has 0 fully saturated rings. The smallest absolute Gasteiger partial charge is 0.342 e. The molecule has 0 saturated carbocycles. The van der Waals surface area contributed by atoms with Gasteiger partial charge >= 0.3 is 12.0 Å². The van der Waals surface area contributed by atoms with E-state index in [0.29, 0.717) is 0 Å².